The van der Waals surface area contributed by atoms with Gasteiger partial charge in [-0.2, -0.15) is 0 Å². The summed E-state index contributed by atoms with van der Waals surface area (Å²) >= 11 is 1.74. The molecule has 0 atom stereocenters. The lowest BCUT2D eigenvalue weighted by Gasteiger charge is -2.29. The summed E-state index contributed by atoms with van der Waals surface area (Å²) in [6, 6.07) is 0. The van der Waals surface area contributed by atoms with Gasteiger partial charge in [0.2, 0.25) is 0 Å². The van der Waals surface area contributed by atoms with Crippen LogP contribution in [0.3, 0.4) is 0 Å². The number of hydrogen-bond acceptors (Lipinski definition) is 8. The molecule has 1 aliphatic carbocycles. The molecule has 0 radical (unpaired) electrons. The molecule has 1 aliphatic heterocycles. The van der Waals surface area contributed by atoms with E-state index in [-0.39, 0.29) is 0 Å². The van der Waals surface area contributed by atoms with Crippen molar-refractivity contribution in [3.05, 3.63) is 17.5 Å². The van der Waals surface area contributed by atoms with Gasteiger partial charge >= 0.3 is 0 Å². The van der Waals surface area contributed by atoms with E-state index in [4.69, 9.17) is 14.7 Å². The third kappa shape index (κ3) is 3.97. The van der Waals surface area contributed by atoms with Gasteiger partial charge < -0.3 is 19.9 Å². The lowest BCUT2D eigenvalue weighted by Crippen LogP contribution is -2.37. The van der Waals surface area contributed by atoms with Crippen molar-refractivity contribution in [2.75, 3.05) is 62.7 Å². The highest BCUT2D eigenvalue weighted by molar-refractivity contribution is 7.26. The Morgan fingerprint density at radius 3 is 2.74 bits per heavy atom. The Morgan fingerprint density at radius 1 is 1.13 bits per heavy atom. The summed E-state index contributed by atoms with van der Waals surface area (Å²) in [4.78, 5) is 20.4. The first-order chi connectivity index (χ1) is 15.3. The number of thiophene rings is 1. The van der Waals surface area contributed by atoms with Gasteiger partial charge in [-0.3, -0.25) is 0 Å². The summed E-state index contributed by atoms with van der Waals surface area (Å²) < 4.78 is 6.71. The second kappa shape index (κ2) is 9.22. The zero-order valence-electron chi connectivity index (χ0n) is 18.6. The molecule has 0 bridgehead atoms. The number of nitrogens with zero attached hydrogens (tertiary/aromatic N) is 5. The summed E-state index contributed by atoms with van der Waals surface area (Å²) in [7, 11) is 0. The van der Waals surface area contributed by atoms with Gasteiger partial charge in [0, 0.05) is 25.0 Å². The van der Waals surface area contributed by atoms with E-state index in [0.29, 0.717) is 0 Å². The molecule has 2 aliphatic rings. The van der Waals surface area contributed by atoms with Crippen LogP contribution in [-0.4, -0.2) is 72.3 Å². The topological polar surface area (TPSA) is 66.4 Å². The maximum absolute atomic E-state index is 5.57. The Morgan fingerprint density at radius 2 is 1.94 bits per heavy atom. The Kier molecular flexibility index (Phi) is 6.20. The maximum Gasteiger partial charge on any atom is 0.147 e. The van der Waals surface area contributed by atoms with E-state index in [0.717, 1.165) is 92.6 Å². The van der Waals surface area contributed by atoms with Crippen molar-refractivity contribution in [3.8, 4) is 0 Å². The number of morpholine rings is 1. The fraction of sp³-hybridized carbons (Fsp3) is 0.609. The molecule has 8 heteroatoms. The van der Waals surface area contributed by atoms with Crippen molar-refractivity contribution >= 4 is 43.4 Å². The van der Waals surface area contributed by atoms with E-state index in [9.17, 15) is 0 Å². The lowest BCUT2D eigenvalue weighted by molar-refractivity contribution is 0.122. The van der Waals surface area contributed by atoms with Crippen LogP contribution in [-0.2, 0) is 17.6 Å². The van der Waals surface area contributed by atoms with Gasteiger partial charge in [0.25, 0.3) is 0 Å². The van der Waals surface area contributed by atoms with Gasteiger partial charge in [-0.1, -0.05) is 13.8 Å². The highest BCUT2D eigenvalue weighted by Crippen LogP contribution is 2.43. The quantitative estimate of drug-likeness (QED) is 0.536. The van der Waals surface area contributed by atoms with Gasteiger partial charge in [0.15, 0.2) is 0 Å². The molecule has 4 heterocycles. The van der Waals surface area contributed by atoms with Crippen molar-refractivity contribution in [1.82, 2.24) is 19.9 Å². The molecular formula is C23H32N6OS. The number of nitrogens with one attached hydrogen (secondary N) is 1. The van der Waals surface area contributed by atoms with Gasteiger partial charge in [-0.25, -0.2) is 15.0 Å². The number of rotatable bonds is 8. The Balaban J connectivity index is 1.47. The van der Waals surface area contributed by atoms with Gasteiger partial charge in [-0.05, 0) is 56.4 Å². The molecule has 0 aromatic carbocycles. The average molecular weight is 441 g/mol. The van der Waals surface area contributed by atoms with Gasteiger partial charge in [0.05, 0.1) is 23.4 Å². The van der Waals surface area contributed by atoms with E-state index in [1.165, 1.54) is 28.8 Å². The SMILES string of the molecule is CCN(CC)CCCNc1ncnc2c1sc1nc(N3CCOCC3)c3c(c12)CCC3. The van der Waals surface area contributed by atoms with Crippen LogP contribution < -0.4 is 10.2 Å². The van der Waals surface area contributed by atoms with E-state index in [1.54, 1.807) is 17.7 Å². The highest BCUT2D eigenvalue weighted by atomic mass is 32.1. The van der Waals surface area contributed by atoms with Crippen LogP contribution in [0.2, 0.25) is 0 Å². The molecule has 0 unspecified atom stereocenters. The molecular weight excluding hydrogens is 408 g/mol. The van der Waals surface area contributed by atoms with Crippen molar-refractivity contribution in [3.63, 3.8) is 0 Å². The number of anilines is 2. The normalized spacial score (nSPS) is 16.5. The molecule has 166 valence electrons. The number of ether oxygens (including phenoxy) is 1. The standard InChI is InChI=1S/C23H32N6OS/c1-3-28(4-2)10-6-9-24-21-20-19(25-15-26-21)18-16-7-5-8-17(16)22(27-23(18)31-20)29-11-13-30-14-12-29/h15H,3-14H2,1-2H3,(H,24,25,26). The molecule has 1 saturated heterocycles. The zero-order valence-corrected chi connectivity index (χ0v) is 19.4. The molecule has 7 nitrogen and oxygen atoms in total. The number of pyridine rings is 1. The third-order valence-corrected chi connectivity index (χ3v) is 7.68. The minimum absolute atomic E-state index is 0.786. The van der Waals surface area contributed by atoms with Crippen LogP contribution in [0.5, 0.6) is 0 Å². The third-order valence-electron chi connectivity index (χ3n) is 6.60. The summed E-state index contributed by atoms with van der Waals surface area (Å²) in [6.07, 6.45) is 6.25. The molecule has 31 heavy (non-hydrogen) atoms. The van der Waals surface area contributed by atoms with Crippen LogP contribution >= 0.6 is 11.3 Å². The highest BCUT2D eigenvalue weighted by Gasteiger charge is 2.27. The van der Waals surface area contributed by atoms with Gasteiger partial charge in [0.1, 0.15) is 22.8 Å². The summed E-state index contributed by atoms with van der Waals surface area (Å²) in [6.45, 7) is 12.1. The minimum Gasteiger partial charge on any atom is -0.378 e. The molecule has 0 saturated carbocycles. The average Bonchev–Trinajstić information content (AvgIpc) is 3.44. The number of aromatic nitrogens is 3. The Labute approximate surface area is 187 Å². The monoisotopic (exact) mass is 440 g/mol. The lowest BCUT2D eigenvalue weighted by atomic mass is 10.1. The Bertz CT molecular complexity index is 1060. The molecule has 3 aromatic heterocycles. The smallest absolute Gasteiger partial charge is 0.147 e. The summed E-state index contributed by atoms with van der Waals surface area (Å²) in [5.74, 6) is 2.13. The number of aryl methyl sites for hydroxylation is 1. The van der Waals surface area contributed by atoms with Crippen LogP contribution in [0.25, 0.3) is 20.4 Å². The van der Waals surface area contributed by atoms with Crippen molar-refractivity contribution in [2.24, 2.45) is 0 Å². The van der Waals surface area contributed by atoms with Crippen molar-refractivity contribution in [2.45, 2.75) is 39.5 Å². The molecule has 3 aromatic rings. The first-order valence-corrected chi connectivity index (χ1v) is 12.5. The molecule has 0 spiro atoms. The molecule has 1 fully saturated rings. The minimum atomic E-state index is 0.786. The first-order valence-electron chi connectivity index (χ1n) is 11.7. The number of fused-ring (bicyclic) bond motifs is 5. The molecule has 1 N–H and O–H groups in total. The van der Waals surface area contributed by atoms with E-state index in [2.05, 4.69) is 33.9 Å². The predicted octanol–water partition coefficient (Wildman–Crippen LogP) is 3.71. The summed E-state index contributed by atoms with van der Waals surface area (Å²) in [5, 5.41) is 4.84. The van der Waals surface area contributed by atoms with Crippen LogP contribution in [0.1, 0.15) is 37.8 Å². The van der Waals surface area contributed by atoms with Crippen LogP contribution in [0.15, 0.2) is 6.33 Å². The first kappa shape index (κ1) is 20.8. The number of hydrogen-bond donors (Lipinski definition) is 1. The van der Waals surface area contributed by atoms with E-state index >= 15 is 0 Å². The fourth-order valence-corrected chi connectivity index (χ4v) is 6.01. The van der Waals surface area contributed by atoms with Crippen molar-refractivity contribution in [1.29, 1.82) is 0 Å². The Hall–Kier alpha value is -2.03. The molecule has 0 amide bonds. The van der Waals surface area contributed by atoms with E-state index < -0.39 is 0 Å². The summed E-state index contributed by atoms with van der Waals surface area (Å²) in [5.41, 5.74) is 3.96. The van der Waals surface area contributed by atoms with Gasteiger partial charge in [-0.15, -0.1) is 11.3 Å². The predicted molar refractivity (Wildman–Crippen MR) is 129 cm³/mol. The zero-order chi connectivity index (χ0) is 21.2. The second-order valence-corrected chi connectivity index (χ2v) is 9.33. The van der Waals surface area contributed by atoms with E-state index in [1.807, 2.05) is 0 Å². The van der Waals surface area contributed by atoms with Crippen molar-refractivity contribution < 1.29 is 4.74 Å². The van der Waals surface area contributed by atoms with Crippen LogP contribution in [0.4, 0.5) is 11.6 Å². The maximum atomic E-state index is 5.57. The van der Waals surface area contributed by atoms with Crippen LogP contribution in [0, 0.1) is 0 Å². The fourth-order valence-electron chi connectivity index (χ4n) is 4.89. The molecule has 5 rings (SSSR count). The second-order valence-electron chi connectivity index (χ2n) is 8.33. The largest absolute Gasteiger partial charge is 0.378 e.